The Hall–Kier alpha value is -4.10. The molecule has 0 saturated carbocycles. The quantitative estimate of drug-likeness (QED) is 0.105. The normalized spacial score (nSPS) is 17.8. The molecule has 2 heterocycles. The maximum absolute atomic E-state index is 14.2. The first-order valence-corrected chi connectivity index (χ1v) is 25.8. The number of carbonyl (C=O) groups excluding carboxylic acids is 1. The van der Waals surface area contributed by atoms with E-state index in [2.05, 4.69) is 32.1 Å². The highest BCUT2D eigenvalue weighted by molar-refractivity contribution is 7.99. The van der Waals surface area contributed by atoms with Crippen LogP contribution in [0.15, 0.2) is 117 Å². The Kier molecular flexibility index (Phi) is 16.1. The number of allylic oxidation sites excluding steroid dienone is 1. The molecule has 0 unspecified atom stereocenters. The number of nitrogens with one attached hydrogen (secondary N) is 2. The van der Waals surface area contributed by atoms with Crippen molar-refractivity contribution < 1.29 is 39.5 Å². The maximum Gasteiger partial charge on any atom is 0.501 e. The summed E-state index contributed by atoms with van der Waals surface area (Å²) in [6.07, 6.45) is 5.73. The molecule has 64 heavy (non-hydrogen) atoms. The SMILES string of the molecule is O=C(NS(=O)(=O)c1ccc(N[C@H](CCN2CCCOCC2)CSc2ccccc2)c(S(=O)(=O)C(F)(F)F)c1)c1ccc(N2CCN(CC3=C(c4ccc(Cl)cc4)CCCC3)CC2)cc1. The van der Waals surface area contributed by atoms with E-state index in [1.165, 1.54) is 53.4 Å². The lowest BCUT2D eigenvalue weighted by Gasteiger charge is -2.37. The number of anilines is 2. The van der Waals surface area contributed by atoms with Crippen molar-refractivity contribution in [3.63, 3.8) is 0 Å². The Labute approximate surface area is 383 Å². The van der Waals surface area contributed by atoms with Gasteiger partial charge in [-0.05, 0) is 116 Å². The van der Waals surface area contributed by atoms with Crippen molar-refractivity contribution in [2.24, 2.45) is 0 Å². The predicted octanol–water partition coefficient (Wildman–Crippen LogP) is 8.59. The third-order valence-electron chi connectivity index (χ3n) is 11.8. The summed E-state index contributed by atoms with van der Waals surface area (Å²) in [7, 11) is -10.9. The van der Waals surface area contributed by atoms with E-state index < -0.39 is 52.8 Å². The molecule has 2 N–H and O–H groups in total. The molecule has 344 valence electrons. The van der Waals surface area contributed by atoms with E-state index in [4.69, 9.17) is 16.3 Å². The highest BCUT2D eigenvalue weighted by atomic mass is 35.5. The van der Waals surface area contributed by atoms with Gasteiger partial charge < -0.3 is 19.9 Å². The van der Waals surface area contributed by atoms with E-state index in [-0.39, 0.29) is 5.56 Å². The second-order valence-electron chi connectivity index (χ2n) is 16.2. The topological polar surface area (TPSA) is 128 Å². The van der Waals surface area contributed by atoms with Crippen LogP contribution in [0.3, 0.4) is 0 Å². The van der Waals surface area contributed by atoms with Crippen molar-refractivity contribution >= 4 is 66.1 Å². The van der Waals surface area contributed by atoms with Crippen LogP contribution in [0.1, 0.15) is 54.4 Å². The van der Waals surface area contributed by atoms with E-state index in [1.807, 2.05) is 47.2 Å². The van der Waals surface area contributed by atoms with Gasteiger partial charge in [0.1, 0.15) is 4.90 Å². The minimum Gasteiger partial charge on any atom is -0.380 e. The van der Waals surface area contributed by atoms with E-state index >= 15 is 0 Å². The van der Waals surface area contributed by atoms with Crippen molar-refractivity contribution in [3.8, 4) is 0 Å². The number of ether oxygens (including phenoxy) is 1. The van der Waals surface area contributed by atoms with E-state index in [0.717, 1.165) is 86.3 Å². The largest absolute Gasteiger partial charge is 0.501 e. The number of carbonyl (C=O) groups is 1. The summed E-state index contributed by atoms with van der Waals surface area (Å²) < 4.78 is 103. The molecule has 7 rings (SSSR count). The van der Waals surface area contributed by atoms with Crippen molar-refractivity contribution in [2.45, 2.75) is 64.8 Å². The molecule has 1 aliphatic carbocycles. The third-order valence-corrected chi connectivity index (χ3v) is 16.1. The number of halogens is 4. The van der Waals surface area contributed by atoms with Crippen LogP contribution in [0.25, 0.3) is 5.57 Å². The van der Waals surface area contributed by atoms with Gasteiger partial charge in [-0.3, -0.25) is 9.69 Å². The highest BCUT2D eigenvalue weighted by Gasteiger charge is 2.48. The summed E-state index contributed by atoms with van der Waals surface area (Å²) in [4.78, 5) is 19.0. The third kappa shape index (κ3) is 12.4. The molecule has 2 saturated heterocycles. The molecule has 3 aliphatic rings. The van der Waals surface area contributed by atoms with E-state index in [0.29, 0.717) is 44.5 Å². The molecule has 11 nitrogen and oxygen atoms in total. The molecule has 0 aromatic heterocycles. The van der Waals surface area contributed by atoms with Gasteiger partial charge in [-0.1, -0.05) is 47.5 Å². The van der Waals surface area contributed by atoms with Crippen LogP contribution in [0, 0.1) is 0 Å². The zero-order valence-electron chi connectivity index (χ0n) is 35.4. The summed E-state index contributed by atoms with van der Waals surface area (Å²) in [5, 5.41) is 3.73. The van der Waals surface area contributed by atoms with Crippen LogP contribution < -0.4 is 14.9 Å². The van der Waals surface area contributed by atoms with Gasteiger partial charge in [0.25, 0.3) is 25.8 Å². The molecule has 4 aromatic carbocycles. The molecule has 0 radical (unpaired) electrons. The number of amides is 1. The van der Waals surface area contributed by atoms with Crippen LogP contribution in [0.2, 0.25) is 5.02 Å². The molecule has 0 spiro atoms. The number of hydrogen-bond donors (Lipinski definition) is 2. The van der Waals surface area contributed by atoms with Gasteiger partial charge in [0.2, 0.25) is 0 Å². The Bertz CT molecular complexity index is 2460. The van der Waals surface area contributed by atoms with Crippen molar-refractivity contribution in [3.05, 3.63) is 119 Å². The first-order chi connectivity index (χ1) is 30.7. The number of sulfonamides is 1. The molecular formula is C46H53ClF3N5O6S3. The maximum atomic E-state index is 14.2. The standard InChI is InChI=1S/C46H53ClF3N5O6S3/c47-37-15-11-34(12-16-37)42-10-5-4-7-36(42)32-54-24-26-55(27-25-54)39-17-13-35(14-18-39)45(56)52-64(59,60)41-19-20-43(44(31-41)63(57,58)46(48,49)50)51-38(33-62-40-8-2-1-3-9-40)21-23-53-22-6-29-61-30-28-53/h1-3,8-9,11-20,31,38,51H,4-7,10,21-30,32-33H2,(H,52,56)/t38-/m1/s1. The highest BCUT2D eigenvalue weighted by Crippen LogP contribution is 2.37. The minimum atomic E-state index is -6.05. The van der Waals surface area contributed by atoms with Gasteiger partial charge in [0.15, 0.2) is 0 Å². The fraction of sp³-hybridized carbons (Fsp3) is 0.413. The number of sulfone groups is 1. The Morgan fingerprint density at radius 1 is 0.797 bits per heavy atom. The number of rotatable bonds is 16. The molecule has 1 atom stereocenters. The van der Waals surface area contributed by atoms with E-state index in [9.17, 15) is 34.8 Å². The van der Waals surface area contributed by atoms with Crippen LogP contribution in [-0.4, -0.2) is 115 Å². The van der Waals surface area contributed by atoms with Crippen molar-refractivity contribution in [2.75, 3.05) is 81.5 Å². The number of hydrogen-bond acceptors (Lipinski definition) is 11. The monoisotopic (exact) mass is 959 g/mol. The van der Waals surface area contributed by atoms with E-state index in [1.54, 1.807) is 12.1 Å². The fourth-order valence-corrected chi connectivity index (χ4v) is 11.4. The summed E-state index contributed by atoms with van der Waals surface area (Å²) in [5.41, 5.74) is -1.19. The summed E-state index contributed by atoms with van der Waals surface area (Å²) in [6, 6.07) is 25.8. The zero-order valence-corrected chi connectivity index (χ0v) is 38.6. The Morgan fingerprint density at radius 3 is 2.23 bits per heavy atom. The number of alkyl halides is 3. The molecule has 1 amide bonds. The smallest absolute Gasteiger partial charge is 0.380 e. The number of nitrogens with zero attached hydrogens (tertiary/aromatic N) is 3. The lowest BCUT2D eigenvalue weighted by atomic mass is 9.87. The van der Waals surface area contributed by atoms with Gasteiger partial charge in [0, 0.05) is 91.9 Å². The first kappa shape index (κ1) is 47.9. The number of piperazine rings is 1. The van der Waals surface area contributed by atoms with Gasteiger partial charge in [0.05, 0.1) is 17.2 Å². The zero-order chi connectivity index (χ0) is 45.3. The molecule has 2 fully saturated rings. The van der Waals surface area contributed by atoms with Gasteiger partial charge in [-0.2, -0.15) is 13.2 Å². The molecule has 18 heteroatoms. The molecule has 0 bridgehead atoms. The predicted molar refractivity (Wildman–Crippen MR) is 247 cm³/mol. The lowest BCUT2D eigenvalue weighted by Crippen LogP contribution is -2.47. The first-order valence-electron chi connectivity index (χ1n) is 21.5. The number of benzene rings is 4. The fourth-order valence-electron chi connectivity index (χ4n) is 8.27. The summed E-state index contributed by atoms with van der Waals surface area (Å²) >= 11 is 7.60. The van der Waals surface area contributed by atoms with Crippen molar-refractivity contribution in [1.29, 1.82) is 0 Å². The van der Waals surface area contributed by atoms with Gasteiger partial charge in [-0.25, -0.2) is 21.6 Å². The molecular weight excluding hydrogens is 907 g/mol. The summed E-state index contributed by atoms with van der Waals surface area (Å²) in [5.74, 6) is -0.649. The Morgan fingerprint density at radius 2 is 1.52 bits per heavy atom. The van der Waals surface area contributed by atoms with Crippen LogP contribution in [0.5, 0.6) is 0 Å². The molecule has 2 aliphatic heterocycles. The van der Waals surface area contributed by atoms with Crippen LogP contribution >= 0.6 is 23.4 Å². The second kappa shape index (κ2) is 21.5. The lowest BCUT2D eigenvalue weighted by molar-refractivity contribution is -0.0435. The number of thioether (sulfide) groups is 1. The minimum absolute atomic E-state index is 0.000998. The van der Waals surface area contributed by atoms with Crippen LogP contribution in [0.4, 0.5) is 24.5 Å². The van der Waals surface area contributed by atoms with Crippen molar-refractivity contribution in [1.82, 2.24) is 14.5 Å². The average molecular weight is 961 g/mol. The Balaban J connectivity index is 1.02. The van der Waals surface area contributed by atoms with Gasteiger partial charge >= 0.3 is 5.51 Å². The summed E-state index contributed by atoms with van der Waals surface area (Å²) in [6.45, 7) is 7.27. The van der Waals surface area contributed by atoms with Gasteiger partial charge in [-0.15, -0.1) is 11.8 Å². The van der Waals surface area contributed by atoms with Crippen LogP contribution in [-0.2, 0) is 24.6 Å². The second-order valence-corrected chi connectivity index (χ2v) is 21.3. The molecule has 4 aromatic rings. The average Bonchev–Trinajstić information content (AvgIpc) is 3.57.